The Hall–Kier alpha value is -4.88. The van der Waals surface area contributed by atoms with E-state index in [1.807, 2.05) is 27.7 Å². The molecule has 0 radical (unpaired) electrons. The van der Waals surface area contributed by atoms with E-state index in [9.17, 15) is 38.4 Å². The SMILES string of the molecule is C=C1C[C@@H](C)CC(=O)O1.C=C1OC(=O)C2C3CC(C12)[C@@H](C)C3.C=C1OC(=O)C2C3CC(C12)[C@@H](C)C3.C=C1OC(=O)CC[C@@H]1C.CC.C[C@H]1CC(=O)OC1=O.C[C@H]1CCC2C(=O)OC(=O)C2C1. The zero-order valence-electron chi connectivity index (χ0n) is 40.3. The van der Waals surface area contributed by atoms with Crippen LogP contribution in [0, 0.1) is 94.7 Å². The standard InChI is InChI=1S/2C11H14O2.C9H12O3.2C7H10O2.C5H6O3.C2H6/c2*1-5-3-7-4-8(5)9-6(2)13-11(12)10(7)9;1-5-2-3-6-7(4-5)9(11)12-8(6)10;1-5-3-6(2)9-7(8)4-5;1-5-3-4-7(8)9-6(5)2;1-3-2-4(6)8-5(3)7;1-2/h2*5,7-10H,2-4H2,1H3;5-7H,2-4H2,1H3;2*5H,2-4H2,1H3;3H,2H2,1H3;1-2H3/t2*5-,7?,8?,9?,10?;5-,6?,7?;2*5-;3-;/m000100./s1. The van der Waals surface area contributed by atoms with Crippen LogP contribution < -0.4 is 0 Å². The van der Waals surface area contributed by atoms with Crippen LogP contribution in [0.4, 0.5) is 0 Å². The number of hydrogen-bond acceptors (Lipinski definition) is 14. The summed E-state index contributed by atoms with van der Waals surface area (Å²) >= 11 is 0. The third-order valence-corrected chi connectivity index (χ3v) is 15.4. The minimum absolute atomic E-state index is 0.00519. The van der Waals surface area contributed by atoms with Gasteiger partial charge in [0, 0.05) is 37.0 Å². The molecule has 0 N–H and O–H groups in total. The van der Waals surface area contributed by atoms with Crippen molar-refractivity contribution in [2.75, 3.05) is 0 Å². The van der Waals surface area contributed by atoms with E-state index in [0.29, 0.717) is 77.6 Å². The summed E-state index contributed by atoms with van der Waals surface area (Å²) in [4.78, 5) is 86.9. The molecule has 0 spiro atoms. The molecular weight excluding hydrogens is 849 g/mol. The summed E-state index contributed by atoms with van der Waals surface area (Å²) in [7, 11) is 0. The van der Waals surface area contributed by atoms with Gasteiger partial charge in [-0.2, -0.15) is 0 Å². The molecule has 0 aromatic heterocycles. The van der Waals surface area contributed by atoms with Gasteiger partial charge in [0.05, 0.1) is 36.0 Å². The van der Waals surface area contributed by atoms with Gasteiger partial charge in [-0.05, 0) is 98.7 Å². The van der Waals surface area contributed by atoms with Gasteiger partial charge in [-0.25, -0.2) is 0 Å². The molecule has 4 bridgehead atoms. The second kappa shape index (κ2) is 22.3. The minimum atomic E-state index is -0.400. The van der Waals surface area contributed by atoms with Gasteiger partial charge in [-0.1, -0.05) is 81.7 Å². The van der Waals surface area contributed by atoms with Crippen molar-refractivity contribution in [1.82, 2.24) is 0 Å². The van der Waals surface area contributed by atoms with Gasteiger partial charge in [0.25, 0.3) is 0 Å². The largest absolute Gasteiger partial charge is 0.432 e. The van der Waals surface area contributed by atoms with E-state index >= 15 is 0 Å². The Bertz CT molecular complexity index is 1890. The Morgan fingerprint density at radius 1 is 0.409 bits per heavy atom. The van der Waals surface area contributed by atoms with E-state index in [0.717, 1.165) is 55.5 Å². The van der Waals surface area contributed by atoms with Crippen LogP contribution in [0.25, 0.3) is 0 Å². The van der Waals surface area contributed by atoms with Crippen LogP contribution in [0.2, 0.25) is 0 Å². The average Bonchev–Trinajstić information content (AvgIpc) is 4.13. The van der Waals surface area contributed by atoms with Crippen molar-refractivity contribution in [3.63, 3.8) is 0 Å². The summed E-state index contributed by atoms with van der Waals surface area (Å²) in [6.07, 6.45) is 10.6. The quantitative estimate of drug-likeness (QED) is 0.127. The van der Waals surface area contributed by atoms with E-state index in [-0.39, 0.29) is 71.8 Å². The highest BCUT2D eigenvalue weighted by atomic mass is 16.6. The second-order valence-corrected chi connectivity index (χ2v) is 20.3. The molecule has 6 aliphatic heterocycles. The predicted molar refractivity (Wildman–Crippen MR) is 240 cm³/mol. The first-order valence-corrected chi connectivity index (χ1v) is 24.2. The molecule has 5 aliphatic carbocycles. The number of cyclic esters (lactones) is 8. The first-order valence-electron chi connectivity index (χ1n) is 24.2. The maximum absolute atomic E-state index is 11.5. The topological polar surface area (TPSA) is 192 Å². The molecule has 364 valence electrons. The van der Waals surface area contributed by atoms with Crippen LogP contribution in [-0.4, -0.2) is 47.8 Å². The molecule has 16 atom stereocenters. The van der Waals surface area contributed by atoms with Crippen LogP contribution in [0.3, 0.4) is 0 Å². The predicted octanol–water partition coefficient (Wildman–Crippen LogP) is 9.12. The third kappa shape index (κ3) is 12.0. The summed E-state index contributed by atoms with van der Waals surface area (Å²) in [5.41, 5.74) is 0. The fourth-order valence-electron chi connectivity index (χ4n) is 12.0. The highest BCUT2D eigenvalue weighted by Crippen LogP contribution is 2.61. The van der Waals surface area contributed by atoms with Gasteiger partial charge in [0.15, 0.2) is 0 Å². The van der Waals surface area contributed by atoms with Crippen LogP contribution >= 0.6 is 0 Å². The summed E-state index contributed by atoms with van der Waals surface area (Å²) in [5, 5.41) is 0. The molecule has 66 heavy (non-hydrogen) atoms. The molecule has 14 nitrogen and oxygen atoms in total. The van der Waals surface area contributed by atoms with Gasteiger partial charge in [0.1, 0.15) is 23.0 Å². The maximum Gasteiger partial charge on any atom is 0.317 e. The molecule has 0 aromatic rings. The Kier molecular flexibility index (Phi) is 17.6. The molecule has 0 aromatic carbocycles. The van der Waals surface area contributed by atoms with Gasteiger partial charge >= 0.3 is 47.8 Å². The van der Waals surface area contributed by atoms with Crippen LogP contribution in [0.1, 0.15) is 132 Å². The van der Waals surface area contributed by atoms with Gasteiger partial charge in [0.2, 0.25) is 0 Å². The molecule has 11 rings (SSSR count). The number of carbonyl (C=O) groups is 8. The highest BCUT2D eigenvalue weighted by molar-refractivity contribution is 5.96. The smallest absolute Gasteiger partial charge is 0.317 e. The van der Waals surface area contributed by atoms with Crippen molar-refractivity contribution in [3.8, 4) is 0 Å². The Morgan fingerprint density at radius 2 is 0.924 bits per heavy atom. The molecule has 14 heteroatoms. The number of rotatable bonds is 0. The lowest BCUT2D eigenvalue weighted by atomic mass is 9.75. The minimum Gasteiger partial charge on any atom is -0.432 e. The number of carbonyl (C=O) groups excluding carboxylic acids is 8. The molecule has 0 amide bonds. The van der Waals surface area contributed by atoms with Crippen molar-refractivity contribution < 1.29 is 66.8 Å². The molecule has 6 saturated heterocycles. The van der Waals surface area contributed by atoms with Crippen molar-refractivity contribution in [2.24, 2.45) is 94.7 Å². The van der Waals surface area contributed by atoms with Gasteiger partial charge in [-0.3, -0.25) is 38.4 Å². The molecule has 5 saturated carbocycles. The monoisotopic (exact) mass is 920 g/mol. The van der Waals surface area contributed by atoms with E-state index in [2.05, 4.69) is 56.6 Å². The Balaban J connectivity index is 0.000000149. The van der Waals surface area contributed by atoms with Crippen LogP contribution in [0.15, 0.2) is 49.4 Å². The summed E-state index contributed by atoms with van der Waals surface area (Å²) < 4.78 is 28.5. The maximum atomic E-state index is 11.5. The summed E-state index contributed by atoms with van der Waals surface area (Å²) in [6.45, 7) is 31.3. The van der Waals surface area contributed by atoms with Crippen molar-refractivity contribution >= 4 is 47.8 Å². The third-order valence-electron chi connectivity index (χ3n) is 15.4. The lowest BCUT2D eigenvalue weighted by Gasteiger charge is -2.25. The number of allylic oxidation sites excluding steroid dienone is 4. The van der Waals surface area contributed by atoms with Gasteiger partial charge < -0.3 is 28.4 Å². The zero-order valence-corrected chi connectivity index (χ0v) is 40.3. The number of esters is 8. The molecular formula is C52H72O14. The fraction of sp³-hybridized carbons (Fsp3) is 0.692. The van der Waals surface area contributed by atoms with Crippen molar-refractivity contribution in [2.45, 2.75) is 132 Å². The summed E-state index contributed by atoms with van der Waals surface area (Å²) in [5.74, 6) is 7.04. The van der Waals surface area contributed by atoms with E-state index in [1.165, 1.54) is 25.7 Å². The lowest BCUT2D eigenvalue weighted by Crippen LogP contribution is -2.26. The number of fused-ring (bicyclic) bond motifs is 11. The van der Waals surface area contributed by atoms with Crippen molar-refractivity contribution in [1.29, 1.82) is 0 Å². The number of ether oxygens (including phenoxy) is 6. The van der Waals surface area contributed by atoms with E-state index in [4.69, 9.17) is 18.9 Å². The molecule has 11 aliphatic rings. The Labute approximate surface area is 390 Å². The first-order chi connectivity index (χ1) is 31.1. The summed E-state index contributed by atoms with van der Waals surface area (Å²) in [6, 6.07) is 0. The lowest BCUT2D eigenvalue weighted by molar-refractivity contribution is -0.155. The van der Waals surface area contributed by atoms with Crippen LogP contribution in [-0.2, 0) is 66.8 Å². The fourth-order valence-corrected chi connectivity index (χ4v) is 12.0. The average molecular weight is 921 g/mol. The van der Waals surface area contributed by atoms with Gasteiger partial charge in [-0.15, -0.1) is 0 Å². The highest BCUT2D eigenvalue weighted by Gasteiger charge is 2.60. The van der Waals surface area contributed by atoms with Crippen molar-refractivity contribution in [3.05, 3.63) is 49.4 Å². The van der Waals surface area contributed by atoms with E-state index in [1.54, 1.807) is 6.92 Å². The molecule has 11 fully saturated rings. The second-order valence-electron chi connectivity index (χ2n) is 20.3. The molecule has 6 heterocycles. The normalized spacial score (nSPS) is 39.3. The molecule has 10 unspecified atom stereocenters. The number of hydrogen-bond donors (Lipinski definition) is 0. The van der Waals surface area contributed by atoms with E-state index < -0.39 is 11.9 Å². The Morgan fingerprint density at radius 3 is 1.35 bits per heavy atom. The van der Waals surface area contributed by atoms with Crippen LogP contribution in [0.5, 0.6) is 0 Å². The first kappa shape index (κ1) is 52.1. The zero-order chi connectivity index (χ0) is 48.9.